The molecule has 2 rings (SSSR count). The smallest absolute Gasteiger partial charge is 0.191 e. The number of nitrogens with one attached hydrogen (secondary N) is 2. The van der Waals surface area contributed by atoms with Crippen molar-refractivity contribution in [1.29, 1.82) is 0 Å². The van der Waals surface area contributed by atoms with E-state index in [4.69, 9.17) is 14.5 Å². The molecule has 1 saturated carbocycles. The highest BCUT2D eigenvalue weighted by atomic mass is 16.5. The van der Waals surface area contributed by atoms with Gasteiger partial charge in [-0.25, -0.2) is 0 Å². The zero-order valence-corrected chi connectivity index (χ0v) is 15.8. The Morgan fingerprint density at radius 3 is 2.62 bits per heavy atom. The minimum Gasteiger partial charge on any atom is -0.381 e. The monoisotopic (exact) mass is 340 g/mol. The van der Waals surface area contributed by atoms with Crippen molar-refractivity contribution in [2.75, 3.05) is 60.2 Å². The first kappa shape index (κ1) is 19.5. The summed E-state index contributed by atoms with van der Waals surface area (Å²) in [6, 6.07) is 0. The SMILES string of the molecule is CCNC(=NCC1(N(C)C)CCOCC1)NCCCOCC1CC1. The Hall–Kier alpha value is -0.850. The summed E-state index contributed by atoms with van der Waals surface area (Å²) in [7, 11) is 4.30. The molecule has 1 saturated heterocycles. The van der Waals surface area contributed by atoms with Gasteiger partial charge in [-0.15, -0.1) is 0 Å². The molecule has 0 aromatic carbocycles. The molecule has 0 bridgehead atoms. The average molecular weight is 341 g/mol. The van der Waals surface area contributed by atoms with Crippen molar-refractivity contribution in [1.82, 2.24) is 15.5 Å². The Labute approximate surface area is 147 Å². The first-order chi connectivity index (χ1) is 11.7. The number of hydrogen-bond acceptors (Lipinski definition) is 4. The number of rotatable bonds is 10. The summed E-state index contributed by atoms with van der Waals surface area (Å²) in [5.41, 5.74) is 0.119. The molecule has 6 heteroatoms. The molecule has 0 aromatic heterocycles. The van der Waals surface area contributed by atoms with Gasteiger partial charge in [0, 0.05) is 45.1 Å². The van der Waals surface area contributed by atoms with Gasteiger partial charge in [-0.05, 0) is 59.0 Å². The van der Waals surface area contributed by atoms with Crippen LogP contribution < -0.4 is 10.6 Å². The third-order valence-corrected chi connectivity index (χ3v) is 5.06. The van der Waals surface area contributed by atoms with E-state index in [2.05, 4.69) is 36.6 Å². The van der Waals surface area contributed by atoms with Crippen molar-refractivity contribution in [2.24, 2.45) is 10.9 Å². The van der Waals surface area contributed by atoms with Gasteiger partial charge in [0.05, 0.1) is 6.54 Å². The molecule has 1 heterocycles. The van der Waals surface area contributed by atoms with Crippen LogP contribution in [0.4, 0.5) is 0 Å². The Kier molecular flexibility index (Phi) is 8.29. The molecular weight excluding hydrogens is 304 g/mol. The van der Waals surface area contributed by atoms with Gasteiger partial charge in [-0.1, -0.05) is 0 Å². The first-order valence-electron chi connectivity index (χ1n) is 9.51. The van der Waals surface area contributed by atoms with Crippen molar-refractivity contribution >= 4 is 5.96 Å². The van der Waals surface area contributed by atoms with Crippen LogP contribution in [-0.2, 0) is 9.47 Å². The molecule has 140 valence electrons. The van der Waals surface area contributed by atoms with Gasteiger partial charge in [0.1, 0.15) is 0 Å². The number of nitrogens with zero attached hydrogens (tertiary/aromatic N) is 2. The van der Waals surface area contributed by atoms with Gasteiger partial charge in [-0.2, -0.15) is 0 Å². The molecule has 0 spiro atoms. The number of ether oxygens (including phenoxy) is 2. The minimum atomic E-state index is 0.119. The summed E-state index contributed by atoms with van der Waals surface area (Å²) in [6.07, 6.45) is 5.81. The van der Waals surface area contributed by atoms with Crippen molar-refractivity contribution in [2.45, 2.75) is 44.6 Å². The summed E-state index contributed by atoms with van der Waals surface area (Å²) < 4.78 is 11.2. The highest BCUT2D eigenvalue weighted by molar-refractivity contribution is 5.79. The second-order valence-electron chi connectivity index (χ2n) is 7.22. The quantitative estimate of drug-likeness (QED) is 0.358. The van der Waals surface area contributed by atoms with Gasteiger partial charge in [0.2, 0.25) is 0 Å². The normalized spacial score (nSPS) is 21.1. The largest absolute Gasteiger partial charge is 0.381 e. The predicted molar refractivity (Wildman–Crippen MR) is 98.6 cm³/mol. The van der Waals surface area contributed by atoms with E-state index in [1.54, 1.807) is 0 Å². The van der Waals surface area contributed by atoms with Crippen molar-refractivity contribution in [3.63, 3.8) is 0 Å². The Balaban J connectivity index is 1.73. The fourth-order valence-corrected chi connectivity index (χ4v) is 2.98. The van der Waals surface area contributed by atoms with Gasteiger partial charge in [-0.3, -0.25) is 4.99 Å². The molecule has 1 aliphatic heterocycles. The fraction of sp³-hybridized carbons (Fsp3) is 0.944. The Morgan fingerprint density at radius 1 is 1.25 bits per heavy atom. The molecule has 0 unspecified atom stereocenters. The number of aliphatic imine (C=N–C) groups is 1. The van der Waals surface area contributed by atoms with Crippen LogP contribution in [0.2, 0.25) is 0 Å². The lowest BCUT2D eigenvalue weighted by Gasteiger charge is -2.41. The second kappa shape index (κ2) is 10.2. The highest BCUT2D eigenvalue weighted by Gasteiger charge is 2.34. The van der Waals surface area contributed by atoms with Crippen LogP contribution in [0, 0.1) is 5.92 Å². The number of hydrogen-bond donors (Lipinski definition) is 2. The predicted octanol–water partition coefficient (Wildman–Crippen LogP) is 1.47. The summed E-state index contributed by atoms with van der Waals surface area (Å²) in [5, 5.41) is 6.78. The zero-order chi connectivity index (χ0) is 17.3. The van der Waals surface area contributed by atoms with Crippen LogP contribution in [0.1, 0.15) is 39.0 Å². The number of guanidine groups is 1. The first-order valence-corrected chi connectivity index (χ1v) is 9.51. The topological polar surface area (TPSA) is 58.1 Å². The van der Waals surface area contributed by atoms with Crippen molar-refractivity contribution in [3.8, 4) is 0 Å². The van der Waals surface area contributed by atoms with E-state index in [1.807, 2.05) is 0 Å². The van der Waals surface area contributed by atoms with Gasteiger partial charge in [0.25, 0.3) is 0 Å². The lowest BCUT2D eigenvalue weighted by atomic mass is 9.89. The van der Waals surface area contributed by atoms with Crippen LogP contribution >= 0.6 is 0 Å². The average Bonchev–Trinajstić information content (AvgIpc) is 3.40. The molecule has 2 fully saturated rings. The molecule has 0 amide bonds. The maximum Gasteiger partial charge on any atom is 0.191 e. The van der Waals surface area contributed by atoms with E-state index >= 15 is 0 Å². The van der Waals surface area contributed by atoms with E-state index in [0.29, 0.717) is 0 Å². The van der Waals surface area contributed by atoms with Gasteiger partial charge in [0.15, 0.2) is 5.96 Å². The van der Waals surface area contributed by atoms with E-state index in [0.717, 1.165) is 77.2 Å². The summed E-state index contributed by atoms with van der Waals surface area (Å²) in [5.74, 6) is 1.76. The molecule has 0 aromatic rings. The molecule has 0 radical (unpaired) electrons. The van der Waals surface area contributed by atoms with E-state index in [1.165, 1.54) is 12.8 Å². The molecule has 0 atom stereocenters. The van der Waals surface area contributed by atoms with Crippen molar-refractivity contribution < 1.29 is 9.47 Å². The number of likely N-dealkylation sites (N-methyl/N-ethyl adjacent to an activating group) is 1. The molecule has 2 aliphatic rings. The molecular formula is C18H36N4O2. The van der Waals surface area contributed by atoms with Gasteiger partial charge >= 0.3 is 0 Å². The molecule has 24 heavy (non-hydrogen) atoms. The molecule has 2 N–H and O–H groups in total. The summed E-state index contributed by atoms with van der Waals surface area (Å²) in [4.78, 5) is 7.16. The molecule has 1 aliphatic carbocycles. The van der Waals surface area contributed by atoms with Crippen LogP contribution in [-0.4, -0.2) is 76.6 Å². The molecule has 6 nitrogen and oxygen atoms in total. The maximum absolute atomic E-state index is 5.68. The lowest BCUT2D eigenvalue weighted by Crippen LogP contribution is -2.51. The Bertz CT molecular complexity index is 377. The van der Waals surface area contributed by atoms with E-state index in [-0.39, 0.29) is 5.54 Å². The van der Waals surface area contributed by atoms with Crippen LogP contribution in [0.15, 0.2) is 4.99 Å². The van der Waals surface area contributed by atoms with E-state index in [9.17, 15) is 0 Å². The van der Waals surface area contributed by atoms with Crippen LogP contribution in [0.3, 0.4) is 0 Å². The van der Waals surface area contributed by atoms with Crippen LogP contribution in [0.5, 0.6) is 0 Å². The third-order valence-electron chi connectivity index (χ3n) is 5.06. The minimum absolute atomic E-state index is 0.119. The maximum atomic E-state index is 5.68. The van der Waals surface area contributed by atoms with Crippen LogP contribution in [0.25, 0.3) is 0 Å². The standard InChI is InChI=1S/C18H36N4O2/c1-4-19-17(20-10-5-11-24-14-16-6-7-16)21-15-18(22(2)3)8-12-23-13-9-18/h16H,4-15H2,1-3H3,(H2,19,20,21). The second-order valence-corrected chi connectivity index (χ2v) is 7.22. The Morgan fingerprint density at radius 2 is 2.00 bits per heavy atom. The fourth-order valence-electron chi connectivity index (χ4n) is 2.98. The summed E-state index contributed by atoms with van der Waals surface area (Å²) in [6.45, 7) is 8.12. The van der Waals surface area contributed by atoms with Crippen molar-refractivity contribution in [3.05, 3.63) is 0 Å². The third kappa shape index (κ3) is 6.57. The van der Waals surface area contributed by atoms with Gasteiger partial charge < -0.3 is 25.0 Å². The summed E-state index contributed by atoms with van der Waals surface area (Å²) >= 11 is 0. The highest BCUT2D eigenvalue weighted by Crippen LogP contribution is 2.28. The lowest BCUT2D eigenvalue weighted by molar-refractivity contribution is -0.00254. The zero-order valence-electron chi connectivity index (χ0n) is 15.8. The van der Waals surface area contributed by atoms with E-state index < -0.39 is 0 Å².